The van der Waals surface area contributed by atoms with Crippen molar-refractivity contribution in [2.24, 2.45) is 0 Å². The second-order valence-electron chi connectivity index (χ2n) is 2.41. The van der Waals surface area contributed by atoms with Gasteiger partial charge < -0.3 is 14.5 Å². The Morgan fingerprint density at radius 2 is 2.31 bits per heavy atom. The summed E-state index contributed by atoms with van der Waals surface area (Å²) in [5.74, 6) is 0. The molecule has 0 unspecified atom stereocenters. The van der Waals surface area contributed by atoms with E-state index in [0.717, 1.165) is 0 Å². The Balaban J connectivity index is 2.68. The van der Waals surface area contributed by atoms with E-state index in [0.29, 0.717) is 16.0 Å². The second kappa shape index (κ2) is 2.74. The van der Waals surface area contributed by atoms with Crippen LogP contribution in [0.2, 0.25) is 0 Å². The molecule has 0 atom stereocenters. The molecule has 0 saturated heterocycles. The van der Waals surface area contributed by atoms with Gasteiger partial charge in [-0.1, -0.05) is 0 Å². The first-order valence-corrected chi connectivity index (χ1v) is 3.85. The Hall–Kier alpha value is -1.56. The van der Waals surface area contributed by atoms with Crippen LogP contribution in [0.5, 0.6) is 0 Å². The number of fused-ring (bicyclic) bond motifs is 1. The number of hydrogen-bond acceptors (Lipinski definition) is 5. The van der Waals surface area contributed by atoms with Crippen LogP contribution in [0.15, 0.2) is 27.5 Å². The van der Waals surface area contributed by atoms with Gasteiger partial charge in [-0.2, -0.15) is 0 Å². The summed E-state index contributed by atoms with van der Waals surface area (Å²) in [5.41, 5.74) is 0.837. The van der Waals surface area contributed by atoms with Crippen molar-refractivity contribution in [3.63, 3.8) is 0 Å². The standard InChI is InChI=1S/C7H4N2O3S/c10-9(11)7-8-5-2-1-4(13)3-6(5)12-7/h1-3,13H. The third kappa shape index (κ3) is 1.35. The summed E-state index contributed by atoms with van der Waals surface area (Å²) in [6, 6.07) is 4.40. The second-order valence-corrected chi connectivity index (χ2v) is 2.92. The molecule has 5 nitrogen and oxygen atoms in total. The van der Waals surface area contributed by atoms with E-state index in [9.17, 15) is 10.1 Å². The highest BCUT2D eigenvalue weighted by Gasteiger charge is 2.16. The molecule has 0 saturated carbocycles. The maximum Gasteiger partial charge on any atom is 0.546 e. The molecule has 1 aromatic heterocycles. The summed E-state index contributed by atoms with van der Waals surface area (Å²) in [6.45, 7) is 0. The number of aromatic nitrogens is 1. The van der Waals surface area contributed by atoms with Crippen molar-refractivity contribution in [3.05, 3.63) is 28.3 Å². The third-order valence-corrected chi connectivity index (χ3v) is 1.80. The van der Waals surface area contributed by atoms with Gasteiger partial charge in [-0.3, -0.25) is 0 Å². The van der Waals surface area contributed by atoms with E-state index in [4.69, 9.17) is 4.42 Å². The quantitative estimate of drug-likeness (QED) is 0.430. The lowest BCUT2D eigenvalue weighted by Crippen LogP contribution is -1.85. The van der Waals surface area contributed by atoms with Crippen LogP contribution in [-0.2, 0) is 0 Å². The normalized spacial score (nSPS) is 10.5. The molecule has 0 spiro atoms. The molecule has 0 amide bonds. The van der Waals surface area contributed by atoms with Crippen molar-refractivity contribution in [1.29, 1.82) is 0 Å². The van der Waals surface area contributed by atoms with E-state index in [-0.39, 0.29) is 0 Å². The van der Waals surface area contributed by atoms with Crippen molar-refractivity contribution in [1.82, 2.24) is 4.98 Å². The number of nitro groups is 1. The molecular weight excluding hydrogens is 192 g/mol. The van der Waals surface area contributed by atoms with Gasteiger partial charge in [0.25, 0.3) is 0 Å². The minimum atomic E-state index is -0.668. The fourth-order valence-electron chi connectivity index (χ4n) is 0.979. The molecule has 0 bridgehead atoms. The number of hydrogen-bond donors (Lipinski definition) is 1. The summed E-state index contributed by atoms with van der Waals surface area (Å²) in [4.78, 5) is 14.0. The summed E-state index contributed by atoms with van der Waals surface area (Å²) < 4.78 is 4.85. The number of rotatable bonds is 1. The molecule has 0 fully saturated rings. The van der Waals surface area contributed by atoms with Crippen LogP contribution < -0.4 is 0 Å². The van der Waals surface area contributed by atoms with Gasteiger partial charge in [0, 0.05) is 14.8 Å². The SMILES string of the molecule is O=[N+]([O-])c1nc2ccc(S)cc2o1. The summed E-state index contributed by atoms with van der Waals surface area (Å²) in [5, 5.41) is 10.3. The van der Waals surface area contributed by atoms with E-state index in [1.54, 1.807) is 18.2 Å². The predicted molar refractivity (Wildman–Crippen MR) is 47.9 cm³/mol. The zero-order valence-electron chi connectivity index (χ0n) is 6.30. The van der Waals surface area contributed by atoms with Gasteiger partial charge in [-0.25, -0.2) is 0 Å². The molecule has 2 aromatic rings. The Bertz CT molecular complexity index is 480. The number of nitrogens with zero attached hydrogens (tertiary/aromatic N) is 2. The molecule has 0 aliphatic carbocycles. The van der Waals surface area contributed by atoms with Crippen LogP contribution in [0.1, 0.15) is 0 Å². The average Bonchev–Trinajstić information content (AvgIpc) is 2.46. The average molecular weight is 196 g/mol. The number of thiol groups is 1. The first kappa shape index (κ1) is 8.06. The third-order valence-electron chi connectivity index (χ3n) is 1.52. The number of benzene rings is 1. The van der Waals surface area contributed by atoms with Gasteiger partial charge in [-0.05, 0) is 18.2 Å². The van der Waals surface area contributed by atoms with Gasteiger partial charge in [0.05, 0.1) is 0 Å². The lowest BCUT2D eigenvalue weighted by Gasteiger charge is -1.84. The van der Waals surface area contributed by atoms with Gasteiger partial charge in [0.2, 0.25) is 5.52 Å². The summed E-state index contributed by atoms with van der Waals surface area (Å²) in [7, 11) is 0. The smallest absolute Gasteiger partial charge is 0.381 e. The first-order valence-electron chi connectivity index (χ1n) is 3.41. The Labute approximate surface area is 77.9 Å². The van der Waals surface area contributed by atoms with Crippen molar-refractivity contribution in [3.8, 4) is 0 Å². The van der Waals surface area contributed by atoms with Gasteiger partial charge in [0.15, 0.2) is 5.58 Å². The highest BCUT2D eigenvalue weighted by molar-refractivity contribution is 7.80. The van der Waals surface area contributed by atoms with E-state index in [1.165, 1.54) is 0 Å². The van der Waals surface area contributed by atoms with Crippen LogP contribution in [-0.4, -0.2) is 9.91 Å². The molecule has 13 heavy (non-hydrogen) atoms. The van der Waals surface area contributed by atoms with E-state index in [2.05, 4.69) is 17.6 Å². The molecule has 0 N–H and O–H groups in total. The number of oxazole rings is 1. The highest BCUT2D eigenvalue weighted by atomic mass is 32.1. The molecule has 0 aliphatic heterocycles. The minimum absolute atomic E-state index is 0.374. The van der Waals surface area contributed by atoms with Crippen LogP contribution >= 0.6 is 12.6 Å². The summed E-state index contributed by atoms with van der Waals surface area (Å²) in [6.07, 6.45) is 0. The maximum absolute atomic E-state index is 10.3. The Kier molecular flexibility index (Phi) is 1.70. The minimum Gasteiger partial charge on any atom is -0.381 e. The van der Waals surface area contributed by atoms with Gasteiger partial charge in [0.1, 0.15) is 0 Å². The van der Waals surface area contributed by atoms with Gasteiger partial charge in [-0.15, -0.1) is 12.6 Å². The van der Waals surface area contributed by atoms with E-state index in [1.807, 2.05) is 0 Å². The molecule has 1 heterocycles. The van der Waals surface area contributed by atoms with E-state index < -0.39 is 10.9 Å². The lowest BCUT2D eigenvalue weighted by molar-refractivity contribution is -0.406. The molecular formula is C7H4N2O3S. The van der Waals surface area contributed by atoms with Gasteiger partial charge >= 0.3 is 6.01 Å². The highest BCUT2D eigenvalue weighted by Crippen LogP contribution is 2.22. The van der Waals surface area contributed by atoms with Crippen LogP contribution in [0.25, 0.3) is 11.1 Å². The zero-order chi connectivity index (χ0) is 9.42. The van der Waals surface area contributed by atoms with Crippen LogP contribution in [0.4, 0.5) is 6.01 Å². The van der Waals surface area contributed by atoms with E-state index >= 15 is 0 Å². The van der Waals surface area contributed by atoms with Crippen molar-refractivity contribution in [2.45, 2.75) is 4.90 Å². The fraction of sp³-hybridized carbons (Fsp3) is 0. The maximum atomic E-state index is 10.3. The topological polar surface area (TPSA) is 69.2 Å². The lowest BCUT2D eigenvalue weighted by atomic mass is 10.3. The molecule has 1 aromatic carbocycles. The fourth-order valence-corrected chi connectivity index (χ4v) is 1.17. The van der Waals surface area contributed by atoms with Crippen LogP contribution in [0, 0.1) is 10.1 Å². The van der Waals surface area contributed by atoms with Crippen molar-refractivity contribution >= 4 is 29.7 Å². The molecule has 0 radical (unpaired) electrons. The Morgan fingerprint density at radius 1 is 1.54 bits per heavy atom. The largest absolute Gasteiger partial charge is 0.546 e. The van der Waals surface area contributed by atoms with Crippen molar-refractivity contribution in [2.75, 3.05) is 0 Å². The monoisotopic (exact) mass is 196 g/mol. The predicted octanol–water partition coefficient (Wildman–Crippen LogP) is 2.02. The zero-order valence-corrected chi connectivity index (χ0v) is 7.19. The van der Waals surface area contributed by atoms with Crippen molar-refractivity contribution < 1.29 is 9.34 Å². The summed E-state index contributed by atoms with van der Waals surface area (Å²) >= 11 is 4.06. The Morgan fingerprint density at radius 3 is 3.00 bits per heavy atom. The van der Waals surface area contributed by atoms with Crippen LogP contribution in [0.3, 0.4) is 0 Å². The molecule has 66 valence electrons. The molecule has 2 rings (SSSR count). The molecule has 0 aliphatic rings. The first-order chi connectivity index (χ1) is 6.16. The molecule has 6 heteroatoms.